The smallest absolute Gasteiger partial charge is 0.253 e. The number of carbonyl (C=O) groups is 2. The predicted molar refractivity (Wildman–Crippen MR) is 108 cm³/mol. The van der Waals surface area contributed by atoms with E-state index in [9.17, 15) is 19.1 Å². The van der Waals surface area contributed by atoms with Crippen molar-refractivity contribution in [3.63, 3.8) is 0 Å². The molecule has 0 aromatic heterocycles. The summed E-state index contributed by atoms with van der Waals surface area (Å²) < 4.78 is 13.5. The van der Waals surface area contributed by atoms with Gasteiger partial charge in [0.05, 0.1) is 12.1 Å². The van der Waals surface area contributed by atoms with Crippen molar-refractivity contribution in [1.29, 1.82) is 0 Å². The Labute approximate surface area is 169 Å². The fraction of sp³-hybridized carbons (Fsp3) is 0.391. The van der Waals surface area contributed by atoms with Crippen LogP contribution in [0.15, 0.2) is 48.5 Å². The second-order valence-electron chi connectivity index (χ2n) is 8.17. The second-order valence-corrected chi connectivity index (χ2v) is 8.17. The minimum Gasteiger partial charge on any atom is -0.391 e. The molecule has 4 rings (SSSR count). The van der Waals surface area contributed by atoms with Crippen molar-refractivity contribution in [2.24, 2.45) is 11.8 Å². The van der Waals surface area contributed by atoms with Crippen molar-refractivity contribution in [2.45, 2.75) is 31.9 Å². The van der Waals surface area contributed by atoms with Gasteiger partial charge in [-0.05, 0) is 60.1 Å². The summed E-state index contributed by atoms with van der Waals surface area (Å²) in [6.07, 6.45) is 0.688. The molecule has 0 bridgehead atoms. The van der Waals surface area contributed by atoms with Gasteiger partial charge in [-0.3, -0.25) is 9.59 Å². The molecule has 5 nitrogen and oxygen atoms in total. The first-order valence-electron chi connectivity index (χ1n) is 10.0. The third-order valence-electron chi connectivity index (χ3n) is 6.09. The molecule has 2 N–H and O–H groups in total. The minimum atomic E-state index is -0.577. The van der Waals surface area contributed by atoms with E-state index in [1.54, 1.807) is 18.2 Å². The van der Waals surface area contributed by atoms with Gasteiger partial charge < -0.3 is 15.3 Å². The Morgan fingerprint density at radius 2 is 1.69 bits per heavy atom. The third kappa shape index (κ3) is 4.17. The summed E-state index contributed by atoms with van der Waals surface area (Å²) in [7, 11) is 0. The van der Waals surface area contributed by atoms with E-state index < -0.39 is 6.10 Å². The lowest BCUT2D eigenvalue weighted by Gasteiger charge is -2.35. The molecule has 2 fully saturated rings. The van der Waals surface area contributed by atoms with Crippen LogP contribution in [0.3, 0.4) is 0 Å². The maximum atomic E-state index is 13.5. The molecule has 0 radical (unpaired) electrons. The summed E-state index contributed by atoms with van der Waals surface area (Å²) >= 11 is 0. The molecule has 4 atom stereocenters. The van der Waals surface area contributed by atoms with E-state index in [2.05, 4.69) is 5.32 Å². The van der Waals surface area contributed by atoms with Crippen LogP contribution >= 0.6 is 0 Å². The molecule has 0 spiro atoms. The highest BCUT2D eigenvalue weighted by atomic mass is 19.1. The first-order valence-corrected chi connectivity index (χ1v) is 10.0. The molecule has 2 aliphatic rings. The Hall–Kier alpha value is -2.73. The molecular weight excluding hydrogens is 371 g/mol. The standard InChI is InChI=1S/C23H25FN2O3/c1-14(27)25-21-10-18-12-26(13-19(18)11-22(21)28)23(29)17-6-2-4-15(8-17)16-5-3-7-20(24)9-16/h2-9,18-19,21-22,28H,10-13H2,1H3,(H,25,27)/t18-,19+,21-,22-/m1/s1. The van der Waals surface area contributed by atoms with Crippen molar-refractivity contribution in [3.8, 4) is 11.1 Å². The molecule has 1 saturated carbocycles. The zero-order valence-electron chi connectivity index (χ0n) is 16.3. The summed E-state index contributed by atoms with van der Waals surface area (Å²) in [4.78, 5) is 26.3. The van der Waals surface area contributed by atoms with Crippen LogP contribution in [0.25, 0.3) is 11.1 Å². The molecule has 2 amide bonds. The fourth-order valence-electron chi connectivity index (χ4n) is 4.69. The lowest BCUT2D eigenvalue weighted by Crippen LogP contribution is -2.48. The third-order valence-corrected chi connectivity index (χ3v) is 6.09. The van der Waals surface area contributed by atoms with Gasteiger partial charge in [-0.15, -0.1) is 0 Å². The van der Waals surface area contributed by atoms with Crippen LogP contribution in [0.1, 0.15) is 30.1 Å². The zero-order chi connectivity index (χ0) is 20.5. The van der Waals surface area contributed by atoms with Crippen molar-refractivity contribution in [3.05, 3.63) is 59.9 Å². The highest BCUT2D eigenvalue weighted by Crippen LogP contribution is 2.37. The topological polar surface area (TPSA) is 69.6 Å². The average molecular weight is 396 g/mol. The minimum absolute atomic E-state index is 0.0526. The molecule has 1 aliphatic heterocycles. The number of likely N-dealkylation sites (tertiary alicyclic amines) is 1. The molecule has 1 heterocycles. The van der Waals surface area contributed by atoms with Crippen LogP contribution in [-0.2, 0) is 4.79 Å². The van der Waals surface area contributed by atoms with Crippen LogP contribution in [-0.4, -0.2) is 47.1 Å². The monoisotopic (exact) mass is 396 g/mol. The van der Waals surface area contributed by atoms with E-state index in [1.165, 1.54) is 19.1 Å². The maximum Gasteiger partial charge on any atom is 0.253 e. The number of nitrogens with zero attached hydrogens (tertiary/aromatic N) is 1. The van der Waals surface area contributed by atoms with Crippen LogP contribution in [0.2, 0.25) is 0 Å². The number of carbonyl (C=O) groups excluding carboxylic acids is 2. The van der Waals surface area contributed by atoms with Gasteiger partial charge >= 0.3 is 0 Å². The van der Waals surface area contributed by atoms with E-state index in [1.807, 2.05) is 23.1 Å². The number of halogens is 1. The largest absolute Gasteiger partial charge is 0.391 e. The molecule has 6 heteroatoms. The fourth-order valence-corrected chi connectivity index (χ4v) is 4.69. The van der Waals surface area contributed by atoms with Crippen molar-refractivity contribution >= 4 is 11.8 Å². The Bertz CT molecular complexity index is 932. The molecule has 2 aromatic carbocycles. The molecular formula is C23H25FN2O3. The molecule has 152 valence electrons. The zero-order valence-corrected chi connectivity index (χ0v) is 16.3. The number of benzene rings is 2. The molecule has 2 aromatic rings. The Kier molecular flexibility index (Phi) is 5.37. The SMILES string of the molecule is CC(=O)N[C@@H]1C[C@@H]2CN(C(=O)c3cccc(-c4cccc(F)c4)c3)C[C@@H]2C[C@H]1O. The Balaban J connectivity index is 1.49. The molecule has 29 heavy (non-hydrogen) atoms. The lowest BCUT2D eigenvalue weighted by molar-refractivity contribution is -0.121. The highest BCUT2D eigenvalue weighted by Gasteiger charge is 2.43. The Morgan fingerprint density at radius 3 is 2.38 bits per heavy atom. The van der Waals surface area contributed by atoms with Crippen LogP contribution in [0, 0.1) is 17.7 Å². The van der Waals surface area contributed by atoms with Gasteiger partial charge in [0.2, 0.25) is 5.91 Å². The van der Waals surface area contributed by atoms with Crippen LogP contribution < -0.4 is 5.32 Å². The summed E-state index contributed by atoms with van der Waals surface area (Å²) in [6, 6.07) is 13.3. The number of fused-ring (bicyclic) bond motifs is 1. The molecule has 1 aliphatic carbocycles. The van der Waals surface area contributed by atoms with Crippen molar-refractivity contribution in [2.75, 3.05) is 13.1 Å². The summed E-state index contributed by atoms with van der Waals surface area (Å²) in [6.45, 7) is 2.68. The number of nitrogens with one attached hydrogen (secondary N) is 1. The maximum absolute atomic E-state index is 13.5. The summed E-state index contributed by atoms with van der Waals surface area (Å²) in [5, 5.41) is 13.2. The van der Waals surface area contributed by atoms with Gasteiger partial charge in [0.25, 0.3) is 5.91 Å². The molecule has 1 saturated heterocycles. The van der Waals surface area contributed by atoms with E-state index in [4.69, 9.17) is 0 Å². The van der Waals surface area contributed by atoms with E-state index in [0.29, 0.717) is 31.5 Å². The van der Waals surface area contributed by atoms with Gasteiger partial charge in [0.15, 0.2) is 0 Å². The number of aliphatic hydroxyl groups excluding tert-OH is 1. The highest BCUT2D eigenvalue weighted by molar-refractivity contribution is 5.95. The normalized spacial score (nSPS) is 26.1. The van der Waals surface area contributed by atoms with Gasteiger partial charge in [0.1, 0.15) is 5.82 Å². The quantitative estimate of drug-likeness (QED) is 0.838. The van der Waals surface area contributed by atoms with Gasteiger partial charge in [-0.1, -0.05) is 24.3 Å². The predicted octanol–water partition coefficient (Wildman–Crippen LogP) is 2.84. The average Bonchev–Trinajstić information content (AvgIpc) is 3.10. The van der Waals surface area contributed by atoms with Crippen molar-refractivity contribution in [1.82, 2.24) is 10.2 Å². The lowest BCUT2D eigenvalue weighted by atomic mass is 9.77. The Morgan fingerprint density at radius 1 is 1.03 bits per heavy atom. The van der Waals surface area contributed by atoms with E-state index in [0.717, 1.165) is 11.1 Å². The van der Waals surface area contributed by atoms with Crippen molar-refractivity contribution < 1.29 is 19.1 Å². The van der Waals surface area contributed by atoms with Crippen LogP contribution in [0.4, 0.5) is 4.39 Å². The summed E-state index contributed by atoms with van der Waals surface area (Å²) in [5.41, 5.74) is 2.11. The first kappa shape index (κ1) is 19.6. The number of aliphatic hydroxyl groups is 1. The molecule has 0 unspecified atom stereocenters. The second kappa shape index (κ2) is 7.95. The summed E-state index contributed by atoms with van der Waals surface area (Å²) in [5.74, 6) is 0.00176. The number of hydrogen-bond donors (Lipinski definition) is 2. The van der Waals surface area contributed by atoms with E-state index >= 15 is 0 Å². The van der Waals surface area contributed by atoms with Gasteiger partial charge in [-0.25, -0.2) is 4.39 Å². The number of amides is 2. The number of hydrogen-bond acceptors (Lipinski definition) is 3. The van der Waals surface area contributed by atoms with Gasteiger partial charge in [0, 0.05) is 25.6 Å². The van der Waals surface area contributed by atoms with Gasteiger partial charge in [-0.2, -0.15) is 0 Å². The number of rotatable bonds is 3. The van der Waals surface area contributed by atoms with Crippen LogP contribution in [0.5, 0.6) is 0 Å². The van der Waals surface area contributed by atoms with E-state index in [-0.39, 0.29) is 35.5 Å². The first-order chi connectivity index (χ1) is 13.9.